The number of nitrogens with one attached hydrogen (secondary N) is 2. The third-order valence-corrected chi connectivity index (χ3v) is 5.75. The number of nitrogens with zero attached hydrogens (tertiary/aromatic N) is 3. The van der Waals surface area contributed by atoms with Crippen LogP contribution in [0.2, 0.25) is 0 Å². The molecule has 1 heterocycles. The number of rotatable bonds is 8. The van der Waals surface area contributed by atoms with Gasteiger partial charge in [0.15, 0.2) is 5.82 Å². The normalized spacial score (nSPS) is 14.2. The van der Waals surface area contributed by atoms with Gasteiger partial charge in [0.1, 0.15) is 0 Å². The number of hydrogen-bond acceptors (Lipinski definition) is 5. The van der Waals surface area contributed by atoms with Crippen molar-refractivity contribution in [2.75, 3.05) is 26.0 Å². The molecule has 1 aliphatic rings. The van der Waals surface area contributed by atoms with E-state index in [0.717, 1.165) is 24.0 Å². The Kier molecular flexibility index (Phi) is 6.37. The molecular formula is C25H29N5O2. The summed E-state index contributed by atoms with van der Waals surface area (Å²) < 4.78 is 1.55. The van der Waals surface area contributed by atoms with Gasteiger partial charge in [0, 0.05) is 30.5 Å². The fraction of sp³-hybridized carbons (Fsp3) is 0.320. The third-order valence-electron chi connectivity index (χ3n) is 5.75. The van der Waals surface area contributed by atoms with E-state index in [-0.39, 0.29) is 29.4 Å². The van der Waals surface area contributed by atoms with Gasteiger partial charge in [-0.2, -0.15) is 0 Å². The van der Waals surface area contributed by atoms with Gasteiger partial charge in [0.05, 0.1) is 11.7 Å². The Bertz CT molecular complexity index is 1150. The lowest BCUT2D eigenvalue weighted by molar-refractivity contribution is 0.0951. The van der Waals surface area contributed by atoms with E-state index in [1.54, 1.807) is 29.1 Å². The predicted octanol–water partition coefficient (Wildman–Crippen LogP) is 3.15. The summed E-state index contributed by atoms with van der Waals surface area (Å²) in [6.45, 7) is 2.46. The van der Waals surface area contributed by atoms with E-state index in [9.17, 15) is 9.59 Å². The second-order valence-corrected chi connectivity index (χ2v) is 8.47. The highest BCUT2D eigenvalue weighted by molar-refractivity contribution is 5.95. The topological polar surface area (TPSA) is 79.3 Å². The lowest BCUT2D eigenvalue weighted by Gasteiger charge is -2.25. The van der Waals surface area contributed by atoms with Crippen molar-refractivity contribution in [3.63, 3.8) is 0 Å². The molecule has 0 spiro atoms. The quantitative estimate of drug-likeness (QED) is 0.573. The smallest absolute Gasteiger partial charge is 0.297 e. The minimum absolute atomic E-state index is 0.0854. The molecule has 1 fully saturated rings. The van der Waals surface area contributed by atoms with E-state index >= 15 is 0 Å². The van der Waals surface area contributed by atoms with Crippen LogP contribution in [0.5, 0.6) is 0 Å². The first kappa shape index (κ1) is 21.8. The molecule has 0 radical (unpaired) electrons. The zero-order valence-corrected chi connectivity index (χ0v) is 18.7. The second kappa shape index (κ2) is 9.36. The average Bonchev–Trinajstić information content (AvgIpc) is 3.60. The number of hydrogen-bond donors (Lipinski definition) is 2. The van der Waals surface area contributed by atoms with Crippen LogP contribution in [0, 0.1) is 6.92 Å². The van der Waals surface area contributed by atoms with Gasteiger partial charge in [-0.25, -0.2) is 4.98 Å². The summed E-state index contributed by atoms with van der Waals surface area (Å²) in [4.78, 5) is 32.1. The highest BCUT2D eigenvalue weighted by Gasteiger charge is 2.24. The largest absolute Gasteiger partial charge is 0.364 e. The summed E-state index contributed by atoms with van der Waals surface area (Å²) in [5.41, 5.74) is 3.04. The summed E-state index contributed by atoms with van der Waals surface area (Å²) in [6, 6.07) is 16.0. The molecule has 1 amide bonds. The number of likely N-dealkylation sites (N-methyl/N-ethyl adjacent to an activating group) is 1. The van der Waals surface area contributed by atoms with E-state index in [4.69, 9.17) is 0 Å². The van der Waals surface area contributed by atoms with Crippen LogP contribution in [0.4, 0.5) is 5.82 Å². The summed E-state index contributed by atoms with van der Waals surface area (Å²) in [6.07, 6.45) is 5.30. The van der Waals surface area contributed by atoms with Gasteiger partial charge < -0.3 is 15.5 Å². The number of aryl methyl sites for hydroxylation is 1. The van der Waals surface area contributed by atoms with Crippen LogP contribution < -0.4 is 16.2 Å². The zero-order valence-electron chi connectivity index (χ0n) is 18.7. The molecule has 7 heteroatoms. The van der Waals surface area contributed by atoms with Gasteiger partial charge in [-0.3, -0.25) is 14.2 Å². The van der Waals surface area contributed by atoms with Gasteiger partial charge in [-0.15, -0.1) is 0 Å². The molecule has 3 aromatic rings. The standard InChI is InChI=1S/C25H29N5O2/c1-17-9-10-19(24(31)28-20-11-12-20)15-21(17)30-14-13-26-23(25(30)32)27-16-22(29(2)3)18-7-5-4-6-8-18/h4-10,13-15,20,22H,11-12,16H2,1-3H3,(H,26,27)(H,28,31). The molecule has 0 saturated heterocycles. The number of carbonyl (C=O) groups excluding carboxylic acids is 1. The Labute approximate surface area is 188 Å². The Morgan fingerprint density at radius 1 is 1.19 bits per heavy atom. The zero-order chi connectivity index (χ0) is 22.7. The fourth-order valence-corrected chi connectivity index (χ4v) is 3.70. The van der Waals surface area contributed by atoms with Crippen LogP contribution in [0.25, 0.3) is 5.69 Å². The molecule has 0 aliphatic heterocycles. The van der Waals surface area contributed by atoms with Crippen LogP contribution in [-0.4, -0.2) is 47.0 Å². The molecule has 0 bridgehead atoms. The predicted molar refractivity (Wildman–Crippen MR) is 126 cm³/mol. The molecule has 1 saturated carbocycles. The number of anilines is 1. The van der Waals surface area contributed by atoms with Crippen molar-refractivity contribution in [1.82, 2.24) is 19.8 Å². The number of carbonyl (C=O) groups is 1. The third kappa shape index (κ3) is 4.89. The van der Waals surface area contributed by atoms with Gasteiger partial charge >= 0.3 is 0 Å². The lowest BCUT2D eigenvalue weighted by Crippen LogP contribution is -2.30. The van der Waals surface area contributed by atoms with Crippen LogP contribution in [0.1, 0.15) is 40.4 Å². The van der Waals surface area contributed by atoms with Crippen molar-refractivity contribution >= 4 is 11.7 Å². The van der Waals surface area contributed by atoms with Gasteiger partial charge in [-0.1, -0.05) is 36.4 Å². The molecule has 1 atom stereocenters. The SMILES string of the molecule is Cc1ccc(C(=O)NC2CC2)cc1-n1ccnc(NCC(c2ccccc2)N(C)C)c1=O. The van der Waals surface area contributed by atoms with Crippen molar-refractivity contribution in [2.24, 2.45) is 0 Å². The Morgan fingerprint density at radius 3 is 2.62 bits per heavy atom. The Balaban J connectivity index is 1.59. The second-order valence-electron chi connectivity index (χ2n) is 8.47. The molecule has 32 heavy (non-hydrogen) atoms. The molecule has 166 valence electrons. The minimum Gasteiger partial charge on any atom is -0.364 e. The van der Waals surface area contributed by atoms with Crippen molar-refractivity contribution in [3.8, 4) is 5.69 Å². The van der Waals surface area contributed by atoms with Gasteiger partial charge in [0.25, 0.3) is 11.5 Å². The molecule has 2 N–H and O–H groups in total. The van der Waals surface area contributed by atoms with Crippen LogP contribution in [0.3, 0.4) is 0 Å². The molecule has 1 unspecified atom stereocenters. The average molecular weight is 432 g/mol. The van der Waals surface area contributed by atoms with Crippen molar-refractivity contribution in [2.45, 2.75) is 31.8 Å². The molecule has 1 aromatic heterocycles. The summed E-state index contributed by atoms with van der Waals surface area (Å²) >= 11 is 0. The number of amides is 1. The maximum Gasteiger partial charge on any atom is 0.297 e. The van der Waals surface area contributed by atoms with E-state index in [1.807, 2.05) is 45.3 Å². The highest BCUT2D eigenvalue weighted by Crippen LogP contribution is 2.21. The first-order valence-corrected chi connectivity index (χ1v) is 10.9. The lowest BCUT2D eigenvalue weighted by atomic mass is 10.1. The number of benzene rings is 2. The molecular weight excluding hydrogens is 402 g/mol. The maximum absolute atomic E-state index is 13.2. The van der Waals surface area contributed by atoms with Gasteiger partial charge in [0.2, 0.25) is 0 Å². The van der Waals surface area contributed by atoms with Crippen molar-refractivity contribution < 1.29 is 4.79 Å². The van der Waals surface area contributed by atoms with Crippen molar-refractivity contribution in [3.05, 3.63) is 88.0 Å². The first-order chi connectivity index (χ1) is 15.4. The van der Waals surface area contributed by atoms with E-state index in [0.29, 0.717) is 17.8 Å². The fourth-order valence-electron chi connectivity index (χ4n) is 3.70. The Morgan fingerprint density at radius 2 is 1.94 bits per heavy atom. The minimum atomic E-state index is -0.249. The monoisotopic (exact) mass is 431 g/mol. The maximum atomic E-state index is 13.2. The number of aromatic nitrogens is 2. The van der Waals surface area contributed by atoms with E-state index < -0.39 is 0 Å². The van der Waals surface area contributed by atoms with Crippen LogP contribution in [-0.2, 0) is 0 Å². The summed E-state index contributed by atoms with van der Waals surface area (Å²) in [5.74, 6) is 0.174. The molecule has 7 nitrogen and oxygen atoms in total. The highest BCUT2D eigenvalue weighted by atomic mass is 16.2. The summed E-state index contributed by atoms with van der Waals surface area (Å²) in [5, 5.41) is 6.23. The van der Waals surface area contributed by atoms with Crippen LogP contribution in [0.15, 0.2) is 65.7 Å². The molecule has 2 aromatic carbocycles. The van der Waals surface area contributed by atoms with Crippen molar-refractivity contribution in [1.29, 1.82) is 0 Å². The molecule has 4 rings (SSSR count). The van der Waals surface area contributed by atoms with E-state index in [1.165, 1.54) is 0 Å². The summed E-state index contributed by atoms with van der Waals surface area (Å²) in [7, 11) is 4.02. The first-order valence-electron chi connectivity index (χ1n) is 10.9. The van der Waals surface area contributed by atoms with Crippen LogP contribution >= 0.6 is 0 Å². The van der Waals surface area contributed by atoms with E-state index in [2.05, 4.69) is 32.7 Å². The van der Waals surface area contributed by atoms with Gasteiger partial charge in [-0.05, 0) is 57.1 Å². The molecule has 1 aliphatic carbocycles. The Hall–Kier alpha value is -3.45.